The molecular formula is C15H23NO3S. The van der Waals surface area contributed by atoms with Gasteiger partial charge in [0, 0.05) is 13.1 Å². The van der Waals surface area contributed by atoms with Gasteiger partial charge in [0.05, 0.1) is 10.5 Å². The molecule has 1 heterocycles. The molecule has 2 rings (SSSR count). The first kappa shape index (κ1) is 15.5. The van der Waals surface area contributed by atoms with E-state index in [1.165, 1.54) is 4.31 Å². The lowest BCUT2D eigenvalue weighted by atomic mass is 9.92. The van der Waals surface area contributed by atoms with Gasteiger partial charge in [-0.1, -0.05) is 31.0 Å². The highest BCUT2D eigenvalue weighted by Crippen LogP contribution is 2.33. The third-order valence-corrected chi connectivity index (χ3v) is 5.96. The molecule has 1 aromatic carbocycles. The standard InChI is InChI=1S/C15H23NO3S/c1-5-6-15(17)9-16(10-15)20(18,19)14-12(3)7-11(2)8-13(14)4/h7-8,17H,5-6,9-10H2,1-4H3. The number of benzene rings is 1. The van der Waals surface area contributed by atoms with Crippen molar-refractivity contribution in [3.05, 3.63) is 28.8 Å². The molecule has 1 aliphatic heterocycles. The Hall–Kier alpha value is -0.910. The molecule has 0 aliphatic carbocycles. The van der Waals surface area contributed by atoms with Crippen LogP contribution in [0, 0.1) is 20.8 Å². The number of nitrogens with zero attached hydrogens (tertiary/aromatic N) is 1. The summed E-state index contributed by atoms with van der Waals surface area (Å²) in [5.74, 6) is 0. The molecule has 0 amide bonds. The lowest BCUT2D eigenvalue weighted by Gasteiger charge is -2.45. The van der Waals surface area contributed by atoms with E-state index in [1.807, 2.05) is 39.8 Å². The van der Waals surface area contributed by atoms with Crippen LogP contribution in [0.2, 0.25) is 0 Å². The van der Waals surface area contributed by atoms with Crippen molar-refractivity contribution >= 4 is 10.0 Å². The first-order valence-electron chi connectivity index (χ1n) is 7.00. The van der Waals surface area contributed by atoms with Crippen molar-refractivity contribution in [1.82, 2.24) is 4.31 Å². The van der Waals surface area contributed by atoms with Gasteiger partial charge in [-0.3, -0.25) is 0 Å². The van der Waals surface area contributed by atoms with Gasteiger partial charge in [-0.15, -0.1) is 0 Å². The third-order valence-electron chi connectivity index (χ3n) is 3.86. The second-order valence-electron chi connectivity index (χ2n) is 5.98. The normalized spacial score (nSPS) is 18.9. The number of rotatable bonds is 4. The van der Waals surface area contributed by atoms with E-state index in [9.17, 15) is 13.5 Å². The minimum absolute atomic E-state index is 0.204. The van der Waals surface area contributed by atoms with E-state index in [4.69, 9.17) is 0 Å². The molecule has 0 bridgehead atoms. The van der Waals surface area contributed by atoms with Crippen molar-refractivity contribution < 1.29 is 13.5 Å². The van der Waals surface area contributed by atoms with Crippen molar-refractivity contribution in [2.75, 3.05) is 13.1 Å². The fourth-order valence-electron chi connectivity index (χ4n) is 3.11. The summed E-state index contributed by atoms with van der Waals surface area (Å²) >= 11 is 0. The van der Waals surface area contributed by atoms with E-state index in [-0.39, 0.29) is 13.1 Å². The Balaban J connectivity index is 2.30. The summed E-state index contributed by atoms with van der Waals surface area (Å²) in [7, 11) is -3.50. The van der Waals surface area contributed by atoms with Gasteiger partial charge in [0.15, 0.2) is 0 Å². The minimum Gasteiger partial charge on any atom is -0.387 e. The Kier molecular flexibility index (Phi) is 3.97. The maximum absolute atomic E-state index is 12.7. The molecule has 0 atom stereocenters. The molecular weight excluding hydrogens is 274 g/mol. The first-order chi connectivity index (χ1) is 9.19. The third kappa shape index (κ3) is 2.62. The van der Waals surface area contributed by atoms with Gasteiger partial charge in [0.2, 0.25) is 10.0 Å². The van der Waals surface area contributed by atoms with Crippen LogP contribution in [0.3, 0.4) is 0 Å². The summed E-state index contributed by atoms with van der Waals surface area (Å²) in [6.45, 7) is 8.01. The summed E-state index contributed by atoms with van der Waals surface area (Å²) in [5, 5.41) is 10.2. The zero-order chi connectivity index (χ0) is 15.1. The topological polar surface area (TPSA) is 57.6 Å². The molecule has 0 aromatic heterocycles. The predicted octanol–water partition coefficient (Wildman–Crippen LogP) is 2.15. The lowest BCUT2D eigenvalue weighted by molar-refractivity contribution is -0.0653. The molecule has 1 aliphatic rings. The van der Waals surface area contributed by atoms with Gasteiger partial charge in [0.1, 0.15) is 0 Å². The Morgan fingerprint density at radius 2 is 1.70 bits per heavy atom. The van der Waals surface area contributed by atoms with Crippen molar-refractivity contribution in [2.45, 2.75) is 51.0 Å². The van der Waals surface area contributed by atoms with Gasteiger partial charge in [-0.25, -0.2) is 8.42 Å². The van der Waals surface area contributed by atoms with Gasteiger partial charge in [0.25, 0.3) is 0 Å². The number of aryl methyl sites for hydroxylation is 3. The van der Waals surface area contributed by atoms with Gasteiger partial charge in [-0.05, 0) is 38.3 Å². The molecule has 0 radical (unpaired) electrons. The zero-order valence-electron chi connectivity index (χ0n) is 12.6. The fourth-order valence-corrected chi connectivity index (χ4v) is 5.12. The molecule has 0 saturated carbocycles. The Morgan fingerprint density at radius 3 is 2.15 bits per heavy atom. The van der Waals surface area contributed by atoms with E-state index in [0.29, 0.717) is 11.3 Å². The van der Waals surface area contributed by atoms with Crippen molar-refractivity contribution in [1.29, 1.82) is 0 Å². The average molecular weight is 297 g/mol. The largest absolute Gasteiger partial charge is 0.387 e. The summed E-state index contributed by atoms with van der Waals surface area (Å²) in [5.41, 5.74) is 1.76. The van der Waals surface area contributed by atoms with Crippen LogP contribution in [0.25, 0.3) is 0 Å². The second-order valence-corrected chi connectivity index (χ2v) is 7.85. The Labute approximate surface area is 121 Å². The maximum Gasteiger partial charge on any atom is 0.243 e. The number of hydrogen-bond donors (Lipinski definition) is 1. The molecule has 0 unspecified atom stereocenters. The van der Waals surface area contributed by atoms with Crippen molar-refractivity contribution in [3.63, 3.8) is 0 Å². The first-order valence-corrected chi connectivity index (χ1v) is 8.44. The van der Waals surface area contributed by atoms with Crippen molar-refractivity contribution in [2.24, 2.45) is 0 Å². The van der Waals surface area contributed by atoms with Gasteiger partial charge in [-0.2, -0.15) is 4.31 Å². The smallest absolute Gasteiger partial charge is 0.243 e. The molecule has 1 aromatic rings. The van der Waals surface area contributed by atoms with Crippen LogP contribution in [0.4, 0.5) is 0 Å². The molecule has 4 nitrogen and oxygen atoms in total. The van der Waals surface area contributed by atoms with Crippen LogP contribution in [0.1, 0.15) is 36.5 Å². The Bertz CT molecular complexity index is 593. The average Bonchev–Trinajstić information content (AvgIpc) is 2.23. The maximum atomic E-state index is 12.7. The predicted molar refractivity (Wildman–Crippen MR) is 79.3 cm³/mol. The quantitative estimate of drug-likeness (QED) is 0.926. The fraction of sp³-hybridized carbons (Fsp3) is 0.600. The van der Waals surface area contributed by atoms with E-state index in [0.717, 1.165) is 23.1 Å². The van der Waals surface area contributed by atoms with Gasteiger partial charge >= 0.3 is 0 Å². The number of β-amino-alcohol motifs (C(OH)–C–C–N with tert-alkyl or cyclic N) is 1. The monoisotopic (exact) mass is 297 g/mol. The number of hydrogen-bond acceptors (Lipinski definition) is 3. The van der Waals surface area contributed by atoms with Crippen LogP contribution in [0.5, 0.6) is 0 Å². The number of sulfonamides is 1. The molecule has 1 fully saturated rings. The molecule has 1 N–H and O–H groups in total. The molecule has 20 heavy (non-hydrogen) atoms. The van der Waals surface area contributed by atoms with Crippen molar-refractivity contribution in [3.8, 4) is 0 Å². The SMILES string of the molecule is CCCC1(O)CN(S(=O)(=O)c2c(C)cc(C)cc2C)C1. The zero-order valence-corrected chi connectivity index (χ0v) is 13.4. The Morgan fingerprint density at radius 1 is 1.20 bits per heavy atom. The highest BCUT2D eigenvalue weighted by molar-refractivity contribution is 7.89. The van der Waals surface area contributed by atoms with E-state index < -0.39 is 15.6 Å². The highest BCUT2D eigenvalue weighted by Gasteiger charge is 2.47. The highest BCUT2D eigenvalue weighted by atomic mass is 32.2. The molecule has 1 saturated heterocycles. The summed E-state index contributed by atoms with van der Waals surface area (Å²) < 4.78 is 26.7. The summed E-state index contributed by atoms with van der Waals surface area (Å²) in [6.07, 6.45) is 1.50. The lowest BCUT2D eigenvalue weighted by Crippen LogP contribution is -2.63. The van der Waals surface area contributed by atoms with Crippen LogP contribution in [0.15, 0.2) is 17.0 Å². The van der Waals surface area contributed by atoms with Crippen LogP contribution in [-0.4, -0.2) is 36.5 Å². The number of aliphatic hydroxyl groups is 1. The van der Waals surface area contributed by atoms with Crippen LogP contribution >= 0.6 is 0 Å². The van der Waals surface area contributed by atoms with Gasteiger partial charge < -0.3 is 5.11 Å². The van der Waals surface area contributed by atoms with Crippen LogP contribution < -0.4 is 0 Å². The molecule has 0 spiro atoms. The summed E-state index contributed by atoms with van der Waals surface area (Å²) in [6, 6.07) is 3.77. The summed E-state index contributed by atoms with van der Waals surface area (Å²) in [4.78, 5) is 0.390. The second kappa shape index (κ2) is 5.13. The molecule has 112 valence electrons. The van der Waals surface area contributed by atoms with E-state index in [2.05, 4.69) is 0 Å². The van der Waals surface area contributed by atoms with Crippen LogP contribution in [-0.2, 0) is 10.0 Å². The van der Waals surface area contributed by atoms with E-state index >= 15 is 0 Å². The molecule has 5 heteroatoms. The minimum atomic E-state index is -3.50. The van der Waals surface area contributed by atoms with E-state index in [1.54, 1.807) is 0 Å².